The third kappa shape index (κ3) is 9.90. The summed E-state index contributed by atoms with van der Waals surface area (Å²) in [4.78, 5) is 10.6. The van der Waals surface area contributed by atoms with Gasteiger partial charge >= 0.3 is 5.97 Å². The van der Waals surface area contributed by atoms with Gasteiger partial charge in [0, 0.05) is 6.08 Å². The van der Waals surface area contributed by atoms with Crippen LogP contribution < -0.4 is 24.0 Å². The van der Waals surface area contributed by atoms with Crippen LogP contribution in [0.4, 0.5) is 0 Å². The zero-order valence-electron chi connectivity index (χ0n) is 7.84. The van der Waals surface area contributed by atoms with Gasteiger partial charge in [0.25, 0.3) is 0 Å². The molecule has 0 aliphatic heterocycles. The second-order valence-electron chi connectivity index (χ2n) is 3.39. The Hall–Kier alpha value is -0.100. The number of hydrogen-bond donors (Lipinski definition) is 0. The Morgan fingerprint density at radius 3 is 2.33 bits per heavy atom. The van der Waals surface area contributed by atoms with Crippen molar-refractivity contribution in [2.75, 3.05) is 34.3 Å². The van der Waals surface area contributed by atoms with Gasteiger partial charge in [0.1, 0.15) is 13.2 Å². The minimum absolute atomic E-state index is 0. The van der Waals surface area contributed by atoms with Gasteiger partial charge in [-0.25, -0.2) is 4.79 Å². The maximum atomic E-state index is 10.6. The molecule has 0 atom stereocenters. The summed E-state index contributed by atoms with van der Waals surface area (Å²) in [6.07, 6.45) is 1.18. The minimum atomic E-state index is -0.349. The summed E-state index contributed by atoms with van der Waals surface area (Å²) in [7, 11) is 6.13. The van der Waals surface area contributed by atoms with Crippen molar-refractivity contribution in [3.8, 4) is 0 Å². The lowest BCUT2D eigenvalue weighted by molar-refractivity contribution is -0.870. The van der Waals surface area contributed by atoms with Crippen LogP contribution >= 0.6 is 0 Å². The van der Waals surface area contributed by atoms with Crippen LogP contribution in [0, 0.1) is 0 Å². The molecule has 3 nitrogen and oxygen atoms in total. The van der Waals surface area contributed by atoms with Gasteiger partial charge in [0.2, 0.25) is 0 Å². The fourth-order valence-corrected chi connectivity index (χ4v) is 0.479. The summed E-state index contributed by atoms with van der Waals surface area (Å²) < 4.78 is 5.59. The van der Waals surface area contributed by atoms with Gasteiger partial charge in [-0.15, -0.1) is 0 Å². The Morgan fingerprint density at radius 2 is 2.00 bits per heavy atom. The highest BCUT2D eigenvalue weighted by Crippen LogP contribution is 1.89. The molecule has 0 aliphatic carbocycles. The van der Waals surface area contributed by atoms with E-state index in [0.717, 1.165) is 11.0 Å². The van der Waals surface area contributed by atoms with E-state index in [1.54, 1.807) is 0 Å². The SMILES string of the molecule is C=CC(=O)OCC[N+](C)(C)C.[I-]. The number of hydrogen-bond acceptors (Lipinski definition) is 2. The lowest BCUT2D eigenvalue weighted by Gasteiger charge is -2.23. The van der Waals surface area contributed by atoms with Gasteiger partial charge < -0.3 is 33.2 Å². The molecule has 0 rings (SSSR count). The van der Waals surface area contributed by atoms with E-state index in [1.807, 2.05) is 21.1 Å². The number of ether oxygens (including phenoxy) is 1. The molecule has 4 heteroatoms. The Balaban J connectivity index is 0. The molecular weight excluding hydrogens is 269 g/mol. The van der Waals surface area contributed by atoms with Crippen LogP contribution in [0.3, 0.4) is 0 Å². The predicted molar refractivity (Wildman–Crippen MR) is 44.1 cm³/mol. The van der Waals surface area contributed by atoms with Crippen LogP contribution in [0.25, 0.3) is 0 Å². The normalized spacial score (nSPS) is 9.92. The summed E-state index contributed by atoms with van der Waals surface area (Å²) in [5.74, 6) is -0.349. The lowest BCUT2D eigenvalue weighted by atomic mass is 10.5. The third-order valence-corrected chi connectivity index (χ3v) is 1.17. The van der Waals surface area contributed by atoms with Crippen molar-refractivity contribution in [1.82, 2.24) is 0 Å². The standard InChI is InChI=1S/C8H16NO2.HI/c1-5-8(10)11-7-6-9(2,3)4;/h5H,1,6-7H2,2-4H3;1H/q+1;/p-1. The van der Waals surface area contributed by atoms with E-state index in [1.165, 1.54) is 6.08 Å². The van der Waals surface area contributed by atoms with Crippen LogP contribution in [0.15, 0.2) is 12.7 Å². The largest absolute Gasteiger partial charge is 1.00 e. The molecule has 0 aromatic rings. The number of carbonyl (C=O) groups excluding carboxylic acids is 1. The van der Waals surface area contributed by atoms with Crippen molar-refractivity contribution < 1.29 is 38.0 Å². The van der Waals surface area contributed by atoms with Gasteiger partial charge in [0.05, 0.1) is 21.1 Å². The Labute approximate surface area is 91.0 Å². The van der Waals surface area contributed by atoms with Gasteiger partial charge in [-0.1, -0.05) is 6.58 Å². The molecule has 0 radical (unpaired) electrons. The molecule has 0 bridgehead atoms. The zero-order valence-corrected chi connectivity index (χ0v) is 10.00. The zero-order chi connectivity index (χ0) is 8.91. The van der Waals surface area contributed by atoms with Crippen molar-refractivity contribution in [3.63, 3.8) is 0 Å². The molecule has 0 aromatic heterocycles. The average Bonchev–Trinajstić information content (AvgIpc) is 1.85. The summed E-state index contributed by atoms with van der Waals surface area (Å²) in [6, 6.07) is 0. The Morgan fingerprint density at radius 1 is 1.50 bits per heavy atom. The number of nitrogens with zero attached hydrogens (tertiary/aromatic N) is 1. The first kappa shape index (κ1) is 14.4. The quantitative estimate of drug-likeness (QED) is 0.246. The molecule has 0 amide bonds. The summed E-state index contributed by atoms with van der Waals surface area (Å²) >= 11 is 0. The maximum absolute atomic E-state index is 10.6. The Bertz CT molecular complexity index is 152. The van der Waals surface area contributed by atoms with Gasteiger partial charge in [-0.3, -0.25) is 0 Å². The van der Waals surface area contributed by atoms with Gasteiger partial charge in [-0.2, -0.15) is 0 Å². The first-order valence-electron chi connectivity index (χ1n) is 3.55. The first-order valence-corrected chi connectivity index (χ1v) is 3.55. The molecule has 12 heavy (non-hydrogen) atoms. The second-order valence-corrected chi connectivity index (χ2v) is 3.39. The number of halogens is 1. The third-order valence-electron chi connectivity index (χ3n) is 1.17. The van der Waals surface area contributed by atoms with Gasteiger partial charge in [-0.05, 0) is 0 Å². The van der Waals surface area contributed by atoms with Crippen LogP contribution in [0.5, 0.6) is 0 Å². The van der Waals surface area contributed by atoms with Crippen molar-refractivity contribution in [1.29, 1.82) is 0 Å². The molecular formula is C8H16INO2. The lowest BCUT2D eigenvalue weighted by Crippen LogP contribution is -3.00. The van der Waals surface area contributed by atoms with E-state index in [2.05, 4.69) is 6.58 Å². The molecule has 0 N–H and O–H groups in total. The van der Waals surface area contributed by atoms with E-state index < -0.39 is 0 Å². The van der Waals surface area contributed by atoms with E-state index in [9.17, 15) is 4.79 Å². The number of carbonyl (C=O) groups is 1. The van der Waals surface area contributed by atoms with E-state index in [-0.39, 0.29) is 29.9 Å². The number of rotatable bonds is 4. The van der Waals surface area contributed by atoms with E-state index in [0.29, 0.717) is 6.61 Å². The number of quaternary nitrogens is 1. The van der Waals surface area contributed by atoms with E-state index >= 15 is 0 Å². The van der Waals surface area contributed by atoms with Crippen molar-refractivity contribution >= 4 is 5.97 Å². The van der Waals surface area contributed by atoms with Gasteiger partial charge in [0.15, 0.2) is 0 Å². The molecule has 72 valence electrons. The highest BCUT2D eigenvalue weighted by atomic mass is 127. The Kier molecular flexibility index (Phi) is 7.72. The van der Waals surface area contributed by atoms with Crippen molar-refractivity contribution in [2.45, 2.75) is 0 Å². The summed E-state index contributed by atoms with van der Waals surface area (Å²) in [5, 5.41) is 0. The first-order chi connectivity index (χ1) is 4.95. The fourth-order valence-electron chi connectivity index (χ4n) is 0.479. The molecule has 0 aromatic carbocycles. The average molecular weight is 285 g/mol. The predicted octanol–water partition coefficient (Wildman–Crippen LogP) is -2.57. The minimum Gasteiger partial charge on any atom is -1.00 e. The summed E-state index contributed by atoms with van der Waals surface area (Å²) in [5.41, 5.74) is 0. The molecule has 0 saturated carbocycles. The molecule has 0 saturated heterocycles. The van der Waals surface area contributed by atoms with Crippen LogP contribution in [0.2, 0.25) is 0 Å². The van der Waals surface area contributed by atoms with Crippen LogP contribution in [-0.4, -0.2) is 44.7 Å². The van der Waals surface area contributed by atoms with Crippen molar-refractivity contribution in [2.24, 2.45) is 0 Å². The maximum Gasteiger partial charge on any atom is 0.330 e. The highest BCUT2D eigenvalue weighted by Gasteiger charge is 2.06. The molecule has 0 heterocycles. The molecule has 0 unspecified atom stereocenters. The smallest absolute Gasteiger partial charge is 0.330 e. The van der Waals surface area contributed by atoms with Crippen LogP contribution in [0.1, 0.15) is 0 Å². The monoisotopic (exact) mass is 285 g/mol. The molecule has 0 aliphatic rings. The molecule has 0 spiro atoms. The van der Waals surface area contributed by atoms with Crippen molar-refractivity contribution in [3.05, 3.63) is 12.7 Å². The number of esters is 1. The topological polar surface area (TPSA) is 26.3 Å². The second kappa shape index (κ2) is 6.42. The molecule has 0 fully saturated rings. The highest BCUT2D eigenvalue weighted by molar-refractivity contribution is 5.81. The number of likely N-dealkylation sites (N-methyl/N-ethyl adjacent to an activating group) is 1. The van der Waals surface area contributed by atoms with Crippen LogP contribution in [-0.2, 0) is 9.53 Å². The fraction of sp³-hybridized carbons (Fsp3) is 0.625. The summed E-state index contributed by atoms with van der Waals surface area (Å²) in [6.45, 7) is 4.57. The van der Waals surface area contributed by atoms with E-state index in [4.69, 9.17) is 4.74 Å².